The molecule has 2 aromatic rings. The molecule has 6 nitrogen and oxygen atoms in total. The molecule has 6 heteroatoms. The maximum absolute atomic E-state index is 9.06. The second-order valence-electron chi connectivity index (χ2n) is 7.16. The summed E-state index contributed by atoms with van der Waals surface area (Å²) in [6, 6.07) is 9.83. The number of rotatable bonds is 3. The topological polar surface area (TPSA) is 67.0 Å². The standard InChI is InChI=1S/C18H23N5O/c1-18(2,3)23-12-16(20-21-23)11-22-7-8-24-17(13-22)15-6-4-5-14(9-15)10-19/h4-6,9,12,17H,7-8,11,13H2,1-3H3. The first kappa shape index (κ1) is 16.6. The third-order valence-corrected chi connectivity index (χ3v) is 4.15. The van der Waals surface area contributed by atoms with E-state index in [1.807, 2.05) is 35.1 Å². The highest BCUT2D eigenvalue weighted by Gasteiger charge is 2.23. The summed E-state index contributed by atoms with van der Waals surface area (Å²) in [6.07, 6.45) is 2.01. The van der Waals surface area contributed by atoms with Crippen LogP contribution in [0.25, 0.3) is 0 Å². The van der Waals surface area contributed by atoms with E-state index >= 15 is 0 Å². The average Bonchev–Trinajstić information content (AvgIpc) is 3.04. The molecule has 0 N–H and O–H groups in total. The molecule has 0 saturated carbocycles. The van der Waals surface area contributed by atoms with Gasteiger partial charge in [0, 0.05) is 19.6 Å². The first-order chi connectivity index (χ1) is 11.5. The van der Waals surface area contributed by atoms with Gasteiger partial charge in [0.25, 0.3) is 0 Å². The van der Waals surface area contributed by atoms with Crippen LogP contribution in [-0.2, 0) is 16.8 Å². The number of nitriles is 1. The van der Waals surface area contributed by atoms with Crippen LogP contribution in [0.5, 0.6) is 0 Å². The molecule has 0 bridgehead atoms. The van der Waals surface area contributed by atoms with Gasteiger partial charge in [-0.05, 0) is 38.5 Å². The normalized spacial score (nSPS) is 19.2. The number of morpholine rings is 1. The highest BCUT2D eigenvalue weighted by atomic mass is 16.5. The van der Waals surface area contributed by atoms with Gasteiger partial charge in [0.05, 0.1) is 41.8 Å². The zero-order valence-electron chi connectivity index (χ0n) is 14.4. The van der Waals surface area contributed by atoms with E-state index in [0.29, 0.717) is 12.2 Å². The molecule has 1 unspecified atom stereocenters. The molecule has 0 spiro atoms. The molecule has 1 aromatic carbocycles. The third kappa shape index (κ3) is 3.81. The lowest BCUT2D eigenvalue weighted by Gasteiger charge is -2.32. The van der Waals surface area contributed by atoms with Crippen LogP contribution in [0.15, 0.2) is 30.5 Å². The van der Waals surface area contributed by atoms with Crippen LogP contribution in [-0.4, -0.2) is 39.6 Å². The molecule has 0 amide bonds. The number of hydrogen-bond donors (Lipinski definition) is 0. The Morgan fingerprint density at radius 3 is 2.92 bits per heavy atom. The summed E-state index contributed by atoms with van der Waals surface area (Å²) in [5.41, 5.74) is 2.63. The number of nitrogens with zero attached hydrogens (tertiary/aromatic N) is 5. The second-order valence-corrected chi connectivity index (χ2v) is 7.16. The smallest absolute Gasteiger partial charge is 0.0991 e. The molecule has 0 aliphatic carbocycles. The minimum Gasteiger partial charge on any atom is -0.371 e. The molecular weight excluding hydrogens is 302 g/mol. The minimum absolute atomic E-state index is 0.00953. The Labute approximate surface area is 142 Å². The van der Waals surface area contributed by atoms with Gasteiger partial charge in [-0.1, -0.05) is 17.3 Å². The Hall–Kier alpha value is -2.23. The average molecular weight is 325 g/mol. The van der Waals surface area contributed by atoms with E-state index in [9.17, 15) is 0 Å². The van der Waals surface area contributed by atoms with Crippen LogP contribution in [0, 0.1) is 11.3 Å². The summed E-state index contributed by atoms with van der Waals surface area (Å²) in [4.78, 5) is 2.32. The van der Waals surface area contributed by atoms with Crippen molar-refractivity contribution in [3.63, 3.8) is 0 Å². The predicted octanol–water partition coefficient (Wildman–Crippen LogP) is 2.48. The van der Waals surface area contributed by atoms with E-state index < -0.39 is 0 Å². The van der Waals surface area contributed by atoms with Gasteiger partial charge >= 0.3 is 0 Å². The van der Waals surface area contributed by atoms with Crippen molar-refractivity contribution in [3.8, 4) is 6.07 Å². The fourth-order valence-electron chi connectivity index (χ4n) is 2.78. The van der Waals surface area contributed by atoms with Gasteiger partial charge in [-0.3, -0.25) is 4.90 Å². The quantitative estimate of drug-likeness (QED) is 0.867. The highest BCUT2D eigenvalue weighted by Crippen LogP contribution is 2.24. The SMILES string of the molecule is CC(C)(C)n1cc(CN2CCOC(c3cccc(C#N)c3)C2)nn1. The second kappa shape index (κ2) is 6.71. The molecule has 1 saturated heterocycles. The van der Waals surface area contributed by atoms with Crippen molar-refractivity contribution in [2.45, 2.75) is 39.0 Å². The number of hydrogen-bond acceptors (Lipinski definition) is 5. The number of benzene rings is 1. The molecule has 1 aliphatic rings. The lowest BCUT2D eigenvalue weighted by Crippen LogP contribution is -2.37. The van der Waals surface area contributed by atoms with Crippen LogP contribution in [0.1, 0.15) is 43.7 Å². The van der Waals surface area contributed by atoms with Gasteiger partial charge in [0.15, 0.2) is 0 Å². The van der Waals surface area contributed by atoms with Crippen molar-refractivity contribution >= 4 is 0 Å². The Bertz CT molecular complexity index is 740. The first-order valence-electron chi connectivity index (χ1n) is 8.21. The van der Waals surface area contributed by atoms with Crippen molar-refractivity contribution < 1.29 is 4.74 Å². The van der Waals surface area contributed by atoms with Crippen LogP contribution in [0.2, 0.25) is 0 Å². The largest absolute Gasteiger partial charge is 0.371 e. The first-order valence-corrected chi connectivity index (χ1v) is 8.21. The Morgan fingerprint density at radius 2 is 2.21 bits per heavy atom. The summed E-state index contributed by atoms with van der Waals surface area (Å²) >= 11 is 0. The van der Waals surface area contributed by atoms with Crippen molar-refractivity contribution in [2.24, 2.45) is 0 Å². The molecule has 2 heterocycles. The van der Waals surface area contributed by atoms with E-state index in [-0.39, 0.29) is 11.6 Å². The van der Waals surface area contributed by atoms with Crippen molar-refractivity contribution in [1.29, 1.82) is 5.26 Å². The van der Waals surface area contributed by atoms with Gasteiger partial charge in [-0.15, -0.1) is 5.10 Å². The van der Waals surface area contributed by atoms with Crippen molar-refractivity contribution in [3.05, 3.63) is 47.3 Å². The molecule has 1 aliphatic heterocycles. The van der Waals surface area contributed by atoms with Gasteiger partial charge in [0.2, 0.25) is 0 Å². The van der Waals surface area contributed by atoms with E-state index in [0.717, 1.165) is 30.9 Å². The highest BCUT2D eigenvalue weighted by molar-refractivity contribution is 5.34. The number of ether oxygens (including phenoxy) is 1. The minimum atomic E-state index is -0.0590. The van der Waals surface area contributed by atoms with Crippen molar-refractivity contribution in [1.82, 2.24) is 19.9 Å². The van der Waals surface area contributed by atoms with Crippen LogP contribution in [0.3, 0.4) is 0 Å². The van der Waals surface area contributed by atoms with Gasteiger partial charge in [-0.2, -0.15) is 5.26 Å². The fraction of sp³-hybridized carbons (Fsp3) is 0.500. The molecule has 3 rings (SSSR count). The van der Waals surface area contributed by atoms with Crippen LogP contribution < -0.4 is 0 Å². The van der Waals surface area contributed by atoms with Crippen LogP contribution in [0.4, 0.5) is 0 Å². The zero-order valence-corrected chi connectivity index (χ0v) is 14.4. The molecule has 1 aromatic heterocycles. The van der Waals surface area contributed by atoms with Gasteiger partial charge in [0.1, 0.15) is 0 Å². The summed E-state index contributed by atoms with van der Waals surface area (Å²) < 4.78 is 7.80. The lowest BCUT2D eigenvalue weighted by molar-refractivity contribution is -0.0333. The monoisotopic (exact) mass is 325 g/mol. The van der Waals surface area contributed by atoms with E-state index in [4.69, 9.17) is 10.00 Å². The Morgan fingerprint density at radius 1 is 1.38 bits per heavy atom. The van der Waals surface area contributed by atoms with E-state index in [2.05, 4.69) is 42.1 Å². The number of aromatic nitrogens is 3. The van der Waals surface area contributed by atoms with Crippen LogP contribution >= 0.6 is 0 Å². The molecule has 1 fully saturated rings. The Balaban J connectivity index is 1.67. The summed E-state index contributed by atoms with van der Waals surface area (Å²) in [5, 5.41) is 17.6. The van der Waals surface area contributed by atoms with E-state index in [1.54, 1.807) is 0 Å². The molecule has 0 radical (unpaired) electrons. The molecule has 1 atom stereocenters. The van der Waals surface area contributed by atoms with E-state index in [1.165, 1.54) is 0 Å². The molecule has 24 heavy (non-hydrogen) atoms. The predicted molar refractivity (Wildman–Crippen MR) is 90.1 cm³/mol. The third-order valence-electron chi connectivity index (χ3n) is 4.15. The summed E-state index contributed by atoms with van der Waals surface area (Å²) in [7, 11) is 0. The fourth-order valence-corrected chi connectivity index (χ4v) is 2.78. The zero-order chi connectivity index (χ0) is 17.2. The van der Waals surface area contributed by atoms with Gasteiger partial charge < -0.3 is 4.74 Å². The molecule has 126 valence electrons. The summed E-state index contributed by atoms with van der Waals surface area (Å²) in [5.74, 6) is 0. The molecular formula is C18H23N5O. The Kier molecular flexibility index (Phi) is 4.65. The maximum atomic E-state index is 9.06. The summed E-state index contributed by atoms with van der Waals surface area (Å²) in [6.45, 7) is 9.42. The lowest BCUT2D eigenvalue weighted by atomic mass is 10.0. The van der Waals surface area contributed by atoms with Gasteiger partial charge in [-0.25, -0.2) is 4.68 Å². The maximum Gasteiger partial charge on any atom is 0.0991 e. The van der Waals surface area contributed by atoms with Crippen molar-refractivity contribution in [2.75, 3.05) is 19.7 Å².